The molecule has 2 aromatic carbocycles. The van der Waals surface area contributed by atoms with Crippen LogP contribution in [-0.2, 0) is 6.54 Å². The first-order valence-electron chi connectivity index (χ1n) is 7.74. The van der Waals surface area contributed by atoms with Gasteiger partial charge in [-0.15, -0.1) is 15.3 Å². The Hall–Kier alpha value is -3.28. The lowest BCUT2D eigenvalue weighted by Gasteiger charge is -2.06. The van der Waals surface area contributed by atoms with Crippen molar-refractivity contribution in [3.05, 3.63) is 71.9 Å². The van der Waals surface area contributed by atoms with Crippen LogP contribution in [0.5, 0.6) is 0 Å². The molecular weight excluding hydrogens is 300 g/mol. The lowest BCUT2D eigenvalue weighted by molar-refractivity contribution is 0.840. The van der Waals surface area contributed by atoms with Gasteiger partial charge in [-0.05, 0) is 12.5 Å². The predicted molar refractivity (Wildman–Crippen MR) is 92.5 cm³/mol. The number of hydrogen-bond acceptors (Lipinski definition) is 5. The highest BCUT2D eigenvalue weighted by Gasteiger charge is 2.13. The molecule has 0 amide bonds. The number of anilines is 1. The third-order valence-corrected chi connectivity index (χ3v) is 3.75. The molecule has 6 nitrogen and oxygen atoms in total. The average molecular weight is 316 g/mol. The van der Waals surface area contributed by atoms with Crippen LogP contribution in [0, 0.1) is 6.92 Å². The van der Waals surface area contributed by atoms with Crippen LogP contribution < -0.4 is 5.32 Å². The molecule has 118 valence electrons. The molecule has 0 aliphatic carbocycles. The maximum atomic E-state index is 4.61. The topological polar surface area (TPSA) is 68.0 Å². The van der Waals surface area contributed by atoms with E-state index in [0.29, 0.717) is 24.0 Å². The van der Waals surface area contributed by atoms with Crippen molar-refractivity contribution in [2.75, 3.05) is 5.32 Å². The quantitative estimate of drug-likeness (QED) is 0.626. The van der Waals surface area contributed by atoms with Crippen LogP contribution in [0.1, 0.15) is 11.3 Å². The van der Waals surface area contributed by atoms with E-state index in [2.05, 4.69) is 37.7 Å². The molecule has 2 aromatic heterocycles. The highest BCUT2D eigenvalue weighted by Crippen LogP contribution is 2.18. The Kier molecular flexibility index (Phi) is 3.63. The fraction of sp³-hybridized carbons (Fsp3) is 0.111. The van der Waals surface area contributed by atoms with Crippen molar-refractivity contribution in [2.45, 2.75) is 13.5 Å². The van der Waals surface area contributed by atoms with Gasteiger partial charge in [0.05, 0.1) is 0 Å². The van der Waals surface area contributed by atoms with Gasteiger partial charge in [0.15, 0.2) is 11.5 Å². The number of rotatable bonds is 4. The summed E-state index contributed by atoms with van der Waals surface area (Å²) in [5, 5.41) is 16.3. The Bertz CT molecular complexity index is 963. The Balaban J connectivity index is 1.71. The van der Waals surface area contributed by atoms with E-state index < -0.39 is 0 Å². The average Bonchev–Trinajstić information content (AvgIpc) is 3.09. The molecule has 0 fully saturated rings. The van der Waals surface area contributed by atoms with Crippen LogP contribution in [0.15, 0.2) is 60.7 Å². The van der Waals surface area contributed by atoms with E-state index in [4.69, 9.17) is 0 Å². The summed E-state index contributed by atoms with van der Waals surface area (Å²) in [6.07, 6.45) is 0. The molecule has 24 heavy (non-hydrogen) atoms. The molecular formula is C18H16N6. The lowest BCUT2D eigenvalue weighted by atomic mass is 10.2. The van der Waals surface area contributed by atoms with Gasteiger partial charge in [0.25, 0.3) is 0 Å². The zero-order chi connectivity index (χ0) is 16.4. The summed E-state index contributed by atoms with van der Waals surface area (Å²) in [6, 6.07) is 20.0. The van der Waals surface area contributed by atoms with E-state index >= 15 is 0 Å². The molecule has 2 heterocycles. The second kappa shape index (κ2) is 6.08. The molecule has 0 aliphatic heterocycles. The van der Waals surface area contributed by atoms with E-state index in [1.807, 2.05) is 55.5 Å². The number of benzene rings is 2. The highest BCUT2D eigenvalue weighted by molar-refractivity contribution is 5.60. The summed E-state index contributed by atoms with van der Waals surface area (Å²) in [5.74, 6) is 1.24. The Morgan fingerprint density at radius 1 is 0.917 bits per heavy atom. The molecule has 4 rings (SSSR count). The first-order valence-corrected chi connectivity index (χ1v) is 7.74. The normalized spacial score (nSPS) is 10.9. The van der Waals surface area contributed by atoms with Crippen molar-refractivity contribution in [1.82, 2.24) is 24.8 Å². The standard InChI is InChI=1S/C18H16N6/c1-13-17-20-16(15-10-6-3-7-11-15)23-24(17)18(22-21-13)19-12-14-8-4-2-5-9-14/h2-11H,12H2,1H3,(H,19,22). The smallest absolute Gasteiger partial charge is 0.246 e. The summed E-state index contributed by atoms with van der Waals surface area (Å²) in [6.45, 7) is 2.53. The van der Waals surface area contributed by atoms with Crippen molar-refractivity contribution in [3.8, 4) is 11.4 Å². The minimum atomic E-state index is 0.578. The Morgan fingerprint density at radius 2 is 1.62 bits per heavy atom. The van der Waals surface area contributed by atoms with Crippen LogP contribution in [0.25, 0.3) is 17.0 Å². The van der Waals surface area contributed by atoms with Crippen LogP contribution in [0.2, 0.25) is 0 Å². The number of nitrogens with one attached hydrogen (secondary N) is 1. The maximum absolute atomic E-state index is 4.61. The molecule has 4 aromatic rings. The molecule has 0 spiro atoms. The highest BCUT2D eigenvalue weighted by atomic mass is 15.4. The monoisotopic (exact) mass is 316 g/mol. The third-order valence-electron chi connectivity index (χ3n) is 3.75. The molecule has 0 aliphatic rings. The fourth-order valence-corrected chi connectivity index (χ4v) is 2.50. The van der Waals surface area contributed by atoms with Crippen molar-refractivity contribution < 1.29 is 0 Å². The Morgan fingerprint density at radius 3 is 2.38 bits per heavy atom. The minimum Gasteiger partial charge on any atom is -0.349 e. The second-order valence-electron chi connectivity index (χ2n) is 5.49. The fourth-order valence-electron chi connectivity index (χ4n) is 2.50. The molecule has 6 heteroatoms. The van der Waals surface area contributed by atoms with Gasteiger partial charge in [0, 0.05) is 12.1 Å². The first-order chi connectivity index (χ1) is 11.8. The second-order valence-corrected chi connectivity index (χ2v) is 5.49. The van der Waals surface area contributed by atoms with E-state index in [0.717, 1.165) is 16.8 Å². The molecule has 0 bridgehead atoms. The lowest BCUT2D eigenvalue weighted by Crippen LogP contribution is -2.09. The predicted octanol–water partition coefficient (Wildman–Crippen LogP) is 3.11. The van der Waals surface area contributed by atoms with Gasteiger partial charge in [-0.3, -0.25) is 0 Å². The molecule has 0 saturated heterocycles. The van der Waals surface area contributed by atoms with E-state index in [1.54, 1.807) is 4.52 Å². The summed E-state index contributed by atoms with van der Waals surface area (Å²) in [5.41, 5.74) is 3.58. The first kappa shape index (κ1) is 14.3. The van der Waals surface area contributed by atoms with Gasteiger partial charge in [-0.1, -0.05) is 60.7 Å². The van der Waals surface area contributed by atoms with Gasteiger partial charge in [-0.25, -0.2) is 4.98 Å². The van der Waals surface area contributed by atoms with Crippen LogP contribution in [0.3, 0.4) is 0 Å². The van der Waals surface area contributed by atoms with Gasteiger partial charge in [0.1, 0.15) is 5.69 Å². The van der Waals surface area contributed by atoms with Gasteiger partial charge >= 0.3 is 0 Å². The number of aromatic nitrogens is 5. The largest absolute Gasteiger partial charge is 0.349 e. The van der Waals surface area contributed by atoms with Crippen molar-refractivity contribution in [2.24, 2.45) is 0 Å². The Labute approximate surface area is 139 Å². The van der Waals surface area contributed by atoms with Gasteiger partial charge in [-0.2, -0.15) is 4.52 Å². The van der Waals surface area contributed by atoms with Gasteiger partial charge in [0.2, 0.25) is 5.95 Å². The molecule has 0 saturated carbocycles. The number of aryl methyl sites for hydroxylation is 1. The maximum Gasteiger partial charge on any atom is 0.246 e. The minimum absolute atomic E-state index is 0.578. The van der Waals surface area contributed by atoms with Crippen LogP contribution >= 0.6 is 0 Å². The van der Waals surface area contributed by atoms with Crippen molar-refractivity contribution in [1.29, 1.82) is 0 Å². The van der Waals surface area contributed by atoms with Crippen molar-refractivity contribution in [3.63, 3.8) is 0 Å². The summed E-state index contributed by atoms with van der Waals surface area (Å²) in [4.78, 5) is 4.61. The molecule has 1 N–H and O–H groups in total. The van der Waals surface area contributed by atoms with Gasteiger partial charge < -0.3 is 5.32 Å². The van der Waals surface area contributed by atoms with Crippen LogP contribution in [0.4, 0.5) is 5.95 Å². The number of hydrogen-bond donors (Lipinski definition) is 1. The van der Waals surface area contributed by atoms with E-state index in [9.17, 15) is 0 Å². The molecule has 0 unspecified atom stereocenters. The zero-order valence-corrected chi connectivity index (χ0v) is 13.2. The number of nitrogens with zero attached hydrogens (tertiary/aromatic N) is 5. The SMILES string of the molecule is Cc1nnc(NCc2ccccc2)n2nc(-c3ccccc3)nc12. The summed E-state index contributed by atoms with van der Waals surface area (Å²) in [7, 11) is 0. The molecule has 0 radical (unpaired) electrons. The van der Waals surface area contributed by atoms with Crippen molar-refractivity contribution >= 4 is 11.6 Å². The van der Waals surface area contributed by atoms with E-state index in [-0.39, 0.29) is 0 Å². The van der Waals surface area contributed by atoms with E-state index in [1.165, 1.54) is 0 Å². The molecule has 0 atom stereocenters. The summed E-state index contributed by atoms with van der Waals surface area (Å²) >= 11 is 0. The third kappa shape index (κ3) is 2.69. The zero-order valence-electron chi connectivity index (χ0n) is 13.2. The van der Waals surface area contributed by atoms with Crippen LogP contribution in [-0.4, -0.2) is 24.8 Å². The number of fused-ring (bicyclic) bond motifs is 1. The summed E-state index contributed by atoms with van der Waals surface area (Å²) < 4.78 is 1.72.